The maximum atomic E-state index is 5.57. The van der Waals surface area contributed by atoms with Crippen LogP contribution in [0.4, 0.5) is 0 Å². The third-order valence-electron chi connectivity index (χ3n) is 2.70. The van der Waals surface area contributed by atoms with Gasteiger partial charge in [-0.05, 0) is 19.8 Å². The standard InChI is InChI=1S/C14H30O2/c1-4-6-8-9-10-11-13-16-14(3)15-12-7-5-2/h14H,4-13H2,1-3H3. The molecule has 98 valence electrons. The van der Waals surface area contributed by atoms with Crippen LogP contribution in [0, 0.1) is 0 Å². The number of rotatable bonds is 12. The summed E-state index contributed by atoms with van der Waals surface area (Å²) in [5.74, 6) is 0. The van der Waals surface area contributed by atoms with Gasteiger partial charge >= 0.3 is 0 Å². The van der Waals surface area contributed by atoms with Crippen LogP contribution in [0.1, 0.15) is 72.1 Å². The zero-order valence-corrected chi connectivity index (χ0v) is 11.5. The van der Waals surface area contributed by atoms with Gasteiger partial charge in [0, 0.05) is 13.2 Å². The van der Waals surface area contributed by atoms with Crippen LogP contribution >= 0.6 is 0 Å². The number of unbranched alkanes of at least 4 members (excludes halogenated alkanes) is 6. The summed E-state index contributed by atoms with van der Waals surface area (Å²) < 4.78 is 11.1. The van der Waals surface area contributed by atoms with E-state index < -0.39 is 0 Å². The Morgan fingerprint density at radius 2 is 1.19 bits per heavy atom. The molecule has 0 bridgehead atoms. The second-order valence-corrected chi connectivity index (χ2v) is 4.43. The molecule has 0 rings (SSSR count). The summed E-state index contributed by atoms with van der Waals surface area (Å²) in [6, 6.07) is 0. The van der Waals surface area contributed by atoms with Crippen molar-refractivity contribution in [2.75, 3.05) is 13.2 Å². The van der Waals surface area contributed by atoms with Gasteiger partial charge in [-0.25, -0.2) is 0 Å². The highest BCUT2D eigenvalue weighted by Crippen LogP contribution is 2.06. The molecule has 16 heavy (non-hydrogen) atoms. The molecule has 0 radical (unpaired) electrons. The first-order chi connectivity index (χ1) is 7.81. The predicted octanol–water partition coefficient (Wildman–Crippen LogP) is 4.53. The lowest BCUT2D eigenvalue weighted by Crippen LogP contribution is -2.14. The van der Waals surface area contributed by atoms with E-state index in [1.807, 2.05) is 6.92 Å². The van der Waals surface area contributed by atoms with E-state index in [1.165, 1.54) is 44.9 Å². The van der Waals surface area contributed by atoms with Crippen LogP contribution in [0.25, 0.3) is 0 Å². The van der Waals surface area contributed by atoms with E-state index in [0.29, 0.717) is 0 Å². The Morgan fingerprint density at radius 1 is 0.688 bits per heavy atom. The van der Waals surface area contributed by atoms with Crippen molar-refractivity contribution in [3.63, 3.8) is 0 Å². The van der Waals surface area contributed by atoms with E-state index in [9.17, 15) is 0 Å². The Hall–Kier alpha value is -0.0800. The molecule has 0 spiro atoms. The molecule has 0 aromatic rings. The van der Waals surface area contributed by atoms with Crippen LogP contribution in [0.5, 0.6) is 0 Å². The summed E-state index contributed by atoms with van der Waals surface area (Å²) in [5.41, 5.74) is 0. The van der Waals surface area contributed by atoms with Gasteiger partial charge in [0.2, 0.25) is 0 Å². The quantitative estimate of drug-likeness (QED) is 0.362. The smallest absolute Gasteiger partial charge is 0.154 e. The van der Waals surface area contributed by atoms with E-state index in [2.05, 4.69) is 13.8 Å². The maximum absolute atomic E-state index is 5.57. The molecule has 0 aromatic heterocycles. The maximum Gasteiger partial charge on any atom is 0.154 e. The second kappa shape index (κ2) is 13.0. The third-order valence-corrected chi connectivity index (χ3v) is 2.70. The Kier molecular flexibility index (Phi) is 12.9. The van der Waals surface area contributed by atoms with Crippen molar-refractivity contribution in [1.82, 2.24) is 0 Å². The highest BCUT2D eigenvalue weighted by atomic mass is 16.7. The monoisotopic (exact) mass is 230 g/mol. The summed E-state index contributed by atoms with van der Waals surface area (Å²) >= 11 is 0. The Bertz CT molecular complexity index is 126. The van der Waals surface area contributed by atoms with Crippen molar-refractivity contribution in [1.29, 1.82) is 0 Å². The van der Waals surface area contributed by atoms with Crippen molar-refractivity contribution in [2.45, 2.75) is 78.4 Å². The second-order valence-electron chi connectivity index (χ2n) is 4.43. The zero-order chi connectivity index (χ0) is 12.1. The van der Waals surface area contributed by atoms with Gasteiger partial charge in [0.05, 0.1) is 0 Å². The molecule has 0 amide bonds. The third kappa shape index (κ3) is 12.0. The summed E-state index contributed by atoms with van der Waals surface area (Å²) in [5, 5.41) is 0. The SMILES string of the molecule is CCCCCCCCOC(C)OCCCC. The minimum Gasteiger partial charge on any atom is -0.353 e. The highest BCUT2D eigenvalue weighted by Gasteiger charge is 2.00. The van der Waals surface area contributed by atoms with E-state index in [0.717, 1.165) is 19.6 Å². The summed E-state index contributed by atoms with van der Waals surface area (Å²) in [7, 11) is 0. The summed E-state index contributed by atoms with van der Waals surface area (Å²) in [6.07, 6.45) is 10.2. The molecular weight excluding hydrogens is 200 g/mol. The molecule has 0 saturated carbocycles. The topological polar surface area (TPSA) is 18.5 Å². The average molecular weight is 230 g/mol. The normalized spacial score (nSPS) is 12.9. The van der Waals surface area contributed by atoms with Crippen LogP contribution in [0.2, 0.25) is 0 Å². The van der Waals surface area contributed by atoms with Gasteiger partial charge in [-0.2, -0.15) is 0 Å². The molecule has 1 unspecified atom stereocenters. The van der Waals surface area contributed by atoms with Crippen LogP contribution in [-0.4, -0.2) is 19.5 Å². The predicted molar refractivity (Wildman–Crippen MR) is 69.7 cm³/mol. The fourth-order valence-electron chi connectivity index (χ4n) is 1.57. The summed E-state index contributed by atoms with van der Waals surface area (Å²) in [4.78, 5) is 0. The van der Waals surface area contributed by atoms with Gasteiger partial charge in [-0.3, -0.25) is 0 Å². The fraction of sp³-hybridized carbons (Fsp3) is 1.00. The van der Waals surface area contributed by atoms with Crippen molar-refractivity contribution in [3.05, 3.63) is 0 Å². The van der Waals surface area contributed by atoms with Crippen LogP contribution < -0.4 is 0 Å². The molecular formula is C14H30O2. The number of hydrogen-bond donors (Lipinski definition) is 0. The van der Waals surface area contributed by atoms with Crippen molar-refractivity contribution in [2.24, 2.45) is 0 Å². The molecule has 0 fully saturated rings. The van der Waals surface area contributed by atoms with E-state index in [4.69, 9.17) is 9.47 Å². The Morgan fingerprint density at radius 3 is 1.81 bits per heavy atom. The minimum atomic E-state index is -0.0257. The molecule has 0 aromatic carbocycles. The van der Waals surface area contributed by atoms with Gasteiger partial charge in [0.1, 0.15) is 0 Å². The van der Waals surface area contributed by atoms with Crippen LogP contribution in [-0.2, 0) is 9.47 Å². The lowest BCUT2D eigenvalue weighted by molar-refractivity contribution is -0.131. The first-order valence-electron chi connectivity index (χ1n) is 7.04. The Balaban J connectivity index is 3.06. The molecule has 2 heteroatoms. The van der Waals surface area contributed by atoms with E-state index in [-0.39, 0.29) is 6.29 Å². The zero-order valence-electron chi connectivity index (χ0n) is 11.5. The van der Waals surface area contributed by atoms with Crippen LogP contribution in [0.3, 0.4) is 0 Å². The average Bonchev–Trinajstić information content (AvgIpc) is 2.28. The molecule has 0 heterocycles. The van der Waals surface area contributed by atoms with Crippen molar-refractivity contribution < 1.29 is 9.47 Å². The molecule has 0 aliphatic carbocycles. The first kappa shape index (κ1) is 15.9. The van der Waals surface area contributed by atoms with Gasteiger partial charge < -0.3 is 9.47 Å². The molecule has 0 N–H and O–H groups in total. The van der Waals surface area contributed by atoms with Crippen molar-refractivity contribution in [3.8, 4) is 0 Å². The van der Waals surface area contributed by atoms with Gasteiger partial charge in [0.25, 0.3) is 0 Å². The Labute approximate surface area is 102 Å². The van der Waals surface area contributed by atoms with Gasteiger partial charge in [0.15, 0.2) is 6.29 Å². The van der Waals surface area contributed by atoms with Gasteiger partial charge in [-0.15, -0.1) is 0 Å². The van der Waals surface area contributed by atoms with Crippen LogP contribution in [0.15, 0.2) is 0 Å². The largest absolute Gasteiger partial charge is 0.353 e. The molecule has 2 nitrogen and oxygen atoms in total. The molecule has 1 atom stereocenters. The number of ether oxygens (including phenoxy) is 2. The van der Waals surface area contributed by atoms with Gasteiger partial charge in [-0.1, -0.05) is 52.4 Å². The molecule has 0 aliphatic heterocycles. The molecule has 0 saturated heterocycles. The molecule has 0 aliphatic rings. The first-order valence-corrected chi connectivity index (χ1v) is 7.04. The lowest BCUT2D eigenvalue weighted by atomic mass is 10.1. The minimum absolute atomic E-state index is 0.0257. The fourth-order valence-corrected chi connectivity index (χ4v) is 1.57. The highest BCUT2D eigenvalue weighted by molar-refractivity contribution is 4.44. The summed E-state index contributed by atoms with van der Waals surface area (Å²) in [6.45, 7) is 8.09. The number of hydrogen-bond acceptors (Lipinski definition) is 2. The van der Waals surface area contributed by atoms with E-state index >= 15 is 0 Å². The lowest BCUT2D eigenvalue weighted by Gasteiger charge is -2.13. The van der Waals surface area contributed by atoms with E-state index in [1.54, 1.807) is 0 Å². The van der Waals surface area contributed by atoms with Crippen molar-refractivity contribution >= 4 is 0 Å².